The molecule has 0 aliphatic heterocycles. The van der Waals surface area contributed by atoms with Crippen LogP contribution < -0.4 is 20.9 Å². The molecular weight excluding hydrogens is 378 g/mol. The molecule has 7 heteroatoms. The fourth-order valence-corrected chi connectivity index (χ4v) is 2.53. The van der Waals surface area contributed by atoms with Crippen molar-refractivity contribution in [3.05, 3.63) is 89.4 Å². The Morgan fingerprint density at radius 2 is 1.54 bits per heavy atom. The van der Waals surface area contributed by atoms with Crippen LogP contribution in [0.4, 0.5) is 11.4 Å². The fourth-order valence-electron chi connectivity index (χ4n) is 2.34. The minimum absolute atomic E-state index is 0.235. The molecule has 0 unspecified atom stereocenters. The van der Waals surface area contributed by atoms with Crippen LogP contribution in [-0.2, 0) is 4.79 Å². The summed E-state index contributed by atoms with van der Waals surface area (Å²) in [6, 6.07) is 23.4. The molecule has 0 fully saturated rings. The lowest BCUT2D eigenvalue weighted by molar-refractivity contribution is -0.123. The van der Waals surface area contributed by atoms with Gasteiger partial charge in [0.2, 0.25) is 0 Å². The average Bonchev–Trinajstić information content (AvgIpc) is 2.72. The van der Waals surface area contributed by atoms with Crippen molar-refractivity contribution in [2.24, 2.45) is 0 Å². The summed E-state index contributed by atoms with van der Waals surface area (Å²) in [5.41, 5.74) is 6.83. The third kappa shape index (κ3) is 5.75. The molecule has 0 aliphatic carbocycles. The summed E-state index contributed by atoms with van der Waals surface area (Å²) in [6.45, 7) is -0.235. The number of halogens is 1. The zero-order valence-electron chi connectivity index (χ0n) is 14.8. The Bertz CT molecular complexity index is 947. The first kappa shape index (κ1) is 19.3. The van der Waals surface area contributed by atoms with E-state index in [1.807, 2.05) is 42.5 Å². The van der Waals surface area contributed by atoms with Gasteiger partial charge < -0.3 is 10.1 Å². The van der Waals surface area contributed by atoms with E-state index in [9.17, 15) is 9.59 Å². The van der Waals surface area contributed by atoms with Gasteiger partial charge in [0.25, 0.3) is 11.8 Å². The third-order valence-electron chi connectivity index (χ3n) is 3.69. The van der Waals surface area contributed by atoms with Gasteiger partial charge in [0.15, 0.2) is 6.61 Å². The molecule has 0 bridgehead atoms. The Kier molecular flexibility index (Phi) is 6.49. The highest BCUT2D eigenvalue weighted by molar-refractivity contribution is 6.30. The number of nitrogens with one attached hydrogen (secondary N) is 3. The lowest BCUT2D eigenvalue weighted by atomic mass is 10.2. The van der Waals surface area contributed by atoms with Gasteiger partial charge in [0.05, 0.1) is 0 Å². The maximum Gasteiger partial charge on any atom is 0.276 e. The number of amides is 2. The quantitative estimate of drug-likeness (QED) is 0.552. The number of ether oxygens (including phenoxy) is 1. The molecule has 0 aromatic heterocycles. The van der Waals surface area contributed by atoms with Gasteiger partial charge in [-0.2, -0.15) is 0 Å². The van der Waals surface area contributed by atoms with Crippen LogP contribution in [0.5, 0.6) is 5.75 Å². The molecule has 0 radical (unpaired) electrons. The Morgan fingerprint density at radius 3 is 2.25 bits per heavy atom. The van der Waals surface area contributed by atoms with Crippen LogP contribution >= 0.6 is 11.6 Å². The molecule has 0 saturated carbocycles. The van der Waals surface area contributed by atoms with Crippen molar-refractivity contribution in [3.8, 4) is 5.75 Å². The summed E-state index contributed by atoms with van der Waals surface area (Å²) >= 11 is 5.83. The van der Waals surface area contributed by atoms with Crippen LogP contribution in [-0.4, -0.2) is 18.4 Å². The molecule has 3 aromatic carbocycles. The minimum Gasteiger partial charge on any atom is -0.484 e. The maximum absolute atomic E-state index is 11.9. The Labute approximate surface area is 167 Å². The van der Waals surface area contributed by atoms with Gasteiger partial charge in [-0.1, -0.05) is 35.9 Å². The number of anilines is 2. The van der Waals surface area contributed by atoms with E-state index in [1.165, 1.54) is 6.07 Å². The number of hydrogen-bond donors (Lipinski definition) is 3. The van der Waals surface area contributed by atoms with Crippen LogP contribution in [0, 0.1) is 0 Å². The first-order chi connectivity index (χ1) is 13.6. The highest BCUT2D eigenvalue weighted by Gasteiger charge is 2.08. The first-order valence-electron chi connectivity index (χ1n) is 8.50. The minimum atomic E-state index is -0.484. The van der Waals surface area contributed by atoms with Crippen molar-refractivity contribution in [2.45, 2.75) is 0 Å². The van der Waals surface area contributed by atoms with Crippen molar-refractivity contribution in [3.63, 3.8) is 0 Å². The van der Waals surface area contributed by atoms with Crippen molar-refractivity contribution in [2.75, 3.05) is 11.9 Å². The molecule has 0 saturated heterocycles. The third-order valence-corrected chi connectivity index (χ3v) is 3.92. The number of carbonyl (C=O) groups excluding carboxylic acids is 2. The highest BCUT2D eigenvalue weighted by atomic mass is 35.5. The van der Waals surface area contributed by atoms with Gasteiger partial charge in [-0.25, -0.2) is 0 Å². The second-order valence-electron chi connectivity index (χ2n) is 5.82. The molecule has 28 heavy (non-hydrogen) atoms. The van der Waals surface area contributed by atoms with E-state index >= 15 is 0 Å². The van der Waals surface area contributed by atoms with Gasteiger partial charge in [-0.15, -0.1) is 0 Å². The summed E-state index contributed by atoms with van der Waals surface area (Å²) < 4.78 is 5.42. The van der Waals surface area contributed by atoms with Crippen LogP contribution in [0.25, 0.3) is 0 Å². The topological polar surface area (TPSA) is 79.5 Å². The second kappa shape index (κ2) is 9.43. The summed E-state index contributed by atoms with van der Waals surface area (Å²) in [6.07, 6.45) is 0. The molecule has 6 nitrogen and oxygen atoms in total. The summed E-state index contributed by atoms with van der Waals surface area (Å²) in [5, 5.41) is 3.69. The van der Waals surface area contributed by atoms with E-state index in [1.54, 1.807) is 30.3 Å². The Balaban J connectivity index is 1.43. The zero-order chi connectivity index (χ0) is 19.8. The van der Waals surface area contributed by atoms with Crippen molar-refractivity contribution in [1.82, 2.24) is 10.9 Å². The Morgan fingerprint density at radius 1 is 0.821 bits per heavy atom. The average molecular weight is 396 g/mol. The SMILES string of the molecule is O=C(COc1ccc(Nc2ccccc2)cc1)NNC(=O)c1cccc(Cl)c1. The van der Waals surface area contributed by atoms with Gasteiger partial charge in [-0.3, -0.25) is 20.4 Å². The van der Waals surface area contributed by atoms with E-state index in [-0.39, 0.29) is 6.61 Å². The van der Waals surface area contributed by atoms with Crippen molar-refractivity contribution in [1.29, 1.82) is 0 Å². The highest BCUT2D eigenvalue weighted by Crippen LogP contribution is 2.19. The summed E-state index contributed by atoms with van der Waals surface area (Å²) in [7, 11) is 0. The van der Waals surface area contributed by atoms with Crippen LogP contribution in [0.15, 0.2) is 78.9 Å². The summed E-state index contributed by atoms with van der Waals surface area (Å²) in [5.74, 6) is -0.413. The zero-order valence-corrected chi connectivity index (χ0v) is 15.6. The monoisotopic (exact) mass is 395 g/mol. The van der Waals surface area contributed by atoms with Crippen LogP contribution in [0.3, 0.4) is 0 Å². The van der Waals surface area contributed by atoms with Crippen LogP contribution in [0.1, 0.15) is 10.4 Å². The molecule has 3 rings (SSSR count). The smallest absolute Gasteiger partial charge is 0.276 e. The van der Waals surface area contributed by atoms with Crippen LogP contribution in [0.2, 0.25) is 5.02 Å². The largest absolute Gasteiger partial charge is 0.484 e. The number of benzene rings is 3. The molecular formula is C21H18ClN3O3. The molecule has 0 aliphatic rings. The number of hydrazine groups is 1. The number of rotatable bonds is 6. The number of carbonyl (C=O) groups is 2. The van der Waals surface area contributed by atoms with Gasteiger partial charge in [0.1, 0.15) is 5.75 Å². The van der Waals surface area contributed by atoms with Crippen molar-refractivity contribution < 1.29 is 14.3 Å². The van der Waals surface area contributed by atoms with Gasteiger partial charge >= 0.3 is 0 Å². The first-order valence-corrected chi connectivity index (χ1v) is 8.87. The predicted molar refractivity (Wildman–Crippen MR) is 109 cm³/mol. The molecule has 142 valence electrons. The van der Waals surface area contributed by atoms with E-state index in [0.717, 1.165) is 11.4 Å². The molecule has 2 amide bonds. The van der Waals surface area contributed by atoms with E-state index in [2.05, 4.69) is 16.2 Å². The van der Waals surface area contributed by atoms with E-state index in [0.29, 0.717) is 16.3 Å². The number of para-hydroxylation sites is 1. The number of hydrogen-bond acceptors (Lipinski definition) is 4. The maximum atomic E-state index is 11.9. The normalized spacial score (nSPS) is 10.0. The lowest BCUT2D eigenvalue weighted by Gasteiger charge is -2.10. The second-order valence-corrected chi connectivity index (χ2v) is 6.25. The molecule has 0 heterocycles. The standard InChI is InChI=1S/C21H18ClN3O3/c22-16-6-4-5-15(13-16)21(27)25-24-20(26)14-28-19-11-9-18(10-12-19)23-17-7-2-1-3-8-17/h1-13,23H,14H2,(H,24,26)(H,25,27). The van der Waals surface area contributed by atoms with E-state index < -0.39 is 11.8 Å². The van der Waals surface area contributed by atoms with Crippen molar-refractivity contribution >= 4 is 34.8 Å². The van der Waals surface area contributed by atoms with E-state index in [4.69, 9.17) is 16.3 Å². The van der Waals surface area contributed by atoms with Gasteiger partial charge in [-0.05, 0) is 54.6 Å². The lowest BCUT2D eigenvalue weighted by Crippen LogP contribution is -2.43. The van der Waals surface area contributed by atoms with Gasteiger partial charge in [0, 0.05) is 22.0 Å². The molecule has 3 aromatic rings. The summed E-state index contributed by atoms with van der Waals surface area (Å²) in [4.78, 5) is 23.8. The fraction of sp³-hybridized carbons (Fsp3) is 0.0476. The Hall–Kier alpha value is -3.51. The molecule has 0 atom stereocenters. The molecule has 0 spiro atoms. The predicted octanol–water partition coefficient (Wildman–Crippen LogP) is 3.92. The molecule has 3 N–H and O–H groups in total.